The average molecular weight is 428 g/mol. The van der Waals surface area contributed by atoms with Crippen molar-refractivity contribution in [1.82, 2.24) is 4.90 Å². The number of carbonyl (C=O) groups is 1. The highest BCUT2D eigenvalue weighted by Gasteiger charge is 2.33. The quantitative estimate of drug-likeness (QED) is 0.658. The van der Waals surface area contributed by atoms with Gasteiger partial charge in [-0.25, -0.2) is 4.39 Å². The van der Waals surface area contributed by atoms with Gasteiger partial charge in [0.1, 0.15) is 17.3 Å². The molecule has 0 radical (unpaired) electrons. The first-order valence-corrected chi connectivity index (χ1v) is 8.62. The van der Waals surface area contributed by atoms with Crippen LogP contribution in [0.1, 0.15) is 17.3 Å². The molecule has 4 nitrogen and oxygen atoms in total. The van der Waals surface area contributed by atoms with Gasteiger partial charge in [0.2, 0.25) is 0 Å². The molecule has 0 aromatic heterocycles. The molecular weight excluding hydrogens is 412 g/mol. The summed E-state index contributed by atoms with van der Waals surface area (Å²) in [6.07, 6.45) is 0.303. The Kier molecular flexibility index (Phi) is 5.44. The number of anilines is 1. The van der Waals surface area contributed by atoms with Crippen molar-refractivity contribution in [3.8, 4) is 5.75 Å². The molecule has 1 amide bonds. The van der Waals surface area contributed by atoms with Gasteiger partial charge in [-0.2, -0.15) is 13.2 Å². The minimum atomic E-state index is -4.72. The second-order valence-electron chi connectivity index (χ2n) is 6.08. The molecular formula is C20H15ClF4N2O2. The third kappa shape index (κ3) is 5.08. The zero-order chi connectivity index (χ0) is 21.9. The number of benzene rings is 2. The zero-order valence-electron chi connectivity index (χ0n) is 15.8. The van der Waals surface area contributed by atoms with Crippen LogP contribution in [0.3, 0.4) is 0 Å². The number of nitrogens with zero attached hydrogens (tertiary/aromatic N) is 1. The molecule has 1 heterocycles. The number of likely N-dealkylation sites (N-methyl/N-ethyl adjacent to an activating group) is 1. The summed E-state index contributed by atoms with van der Waals surface area (Å²) in [4.78, 5) is 14.0. The van der Waals surface area contributed by atoms with Gasteiger partial charge in [0.25, 0.3) is 5.91 Å². The first-order valence-electron chi connectivity index (χ1n) is 8.95. The van der Waals surface area contributed by atoms with E-state index in [0.717, 1.165) is 18.2 Å². The van der Waals surface area contributed by atoms with Gasteiger partial charge in [-0.05, 0) is 42.5 Å². The third-order valence-corrected chi connectivity index (χ3v) is 4.26. The number of nitrogens with one attached hydrogen (secondary N) is 1. The third-order valence-electron chi connectivity index (χ3n) is 3.94. The molecule has 0 saturated carbocycles. The van der Waals surface area contributed by atoms with E-state index in [1.54, 1.807) is 23.3 Å². The maximum Gasteiger partial charge on any atom is 0.417 e. The Balaban J connectivity index is 1.71. The molecule has 0 aliphatic carbocycles. The molecule has 1 aliphatic rings. The largest absolute Gasteiger partial charge is 0.457 e. The van der Waals surface area contributed by atoms with Crippen molar-refractivity contribution in [2.45, 2.75) is 6.18 Å². The molecule has 0 bridgehead atoms. The monoisotopic (exact) mass is 427 g/mol. The normalized spacial score (nSPS) is 14.3. The Hall–Kier alpha value is -3.00. The molecule has 2 aromatic carbocycles. The van der Waals surface area contributed by atoms with Crippen molar-refractivity contribution < 1.29 is 28.5 Å². The molecule has 9 heteroatoms. The standard InChI is InChI=1S/C20H15ClF4N2O2/c1-27-8-6-13(7-9-27)29-14-3-5-18(17(22)11-14)26-19(28)12-2-4-16(21)15(10-12)20(23,24)25/h2-8,10-11H,9H2,1H3,(H,26,28)/i1D. The lowest BCUT2D eigenvalue weighted by Gasteiger charge is -2.17. The van der Waals surface area contributed by atoms with Gasteiger partial charge in [-0.1, -0.05) is 11.6 Å². The minimum Gasteiger partial charge on any atom is -0.457 e. The van der Waals surface area contributed by atoms with Crippen molar-refractivity contribution >= 4 is 23.2 Å². The number of hydrogen-bond donors (Lipinski definition) is 1. The van der Waals surface area contributed by atoms with Crippen LogP contribution in [0, 0.1) is 5.82 Å². The SMILES string of the molecule is [2H]CN1C=CC(Oc2ccc(NC(=O)c3ccc(Cl)c(C(F)(F)F)c3)c(F)c2)=CC1. The van der Waals surface area contributed by atoms with E-state index in [1.165, 1.54) is 12.1 Å². The molecule has 29 heavy (non-hydrogen) atoms. The first kappa shape index (κ1) is 19.3. The summed E-state index contributed by atoms with van der Waals surface area (Å²) < 4.78 is 66.0. The molecule has 0 saturated heterocycles. The summed E-state index contributed by atoms with van der Waals surface area (Å²) in [6.45, 7) is 0.479. The smallest absolute Gasteiger partial charge is 0.417 e. The first-order chi connectivity index (χ1) is 14.2. The highest BCUT2D eigenvalue weighted by molar-refractivity contribution is 6.31. The lowest BCUT2D eigenvalue weighted by molar-refractivity contribution is -0.137. The predicted molar refractivity (Wildman–Crippen MR) is 101 cm³/mol. The van der Waals surface area contributed by atoms with Crippen LogP contribution >= 0.6 is 11.6 Å². The van der Waals surface area contributed by atoms with Crippen molar-refractivity contribution in [1.29, 1.82) is 0 Å². The highest BCUT2D eigenvalue weighted by atomic mass is 35.5. The van der Waals surface area contributed by atoms with Crippen molar-refractivity contribution in [3.63, 3.8) is 0 Å². The van der Waals surface area contributed by atoms with Crippen LogP contribution in [0.5, 0.6) is 5.75 Å². The molecule has 3 rings (SSSR count). The van der Waals surface area contributed by atoms with Crippen molar-refractivity contribution in [2.24, 2.45) is 0 Å². The van der Waals surface area contributed by atoms with E-state index in [0.29, 0.717) is 18.4 Å². The maximum absolute atomic E-state index is 14.4. The number of alkyl halides is 3. The number of hydrogen-bond acceptors (Lipinski definition) is 3. The molecule has 1 N–H and O–H groups in total. The maximum atomic E-state index is 14.4. The fourth-order valence-corrected chi connectivity index (χ4v) is 2.69. The lowest BCUT2D eigenvalue weighted by Crippen LogP contribution is -2.15. The Morgan fingerprint density at radius 3 is 2.69 bits per heavy atom. The van der Waals surface area contributed by atoms with E-state index in [9.17, 15) is 22.4 Å². The van der Waals surface area contributed by atoms with Crippen LogP contribution in [0.2, 0.25) is 5.02 Å². The molecule has 1 aliphatic heterocycles. The molecule has 0 fully saturated rings. The van der Waals surface area contributed by atoms with Crippen LogP contribution in [0.15, 0.2) is 60.5 Å². The van der Waals surface area contributed by atoms with Crippen LogP contribution in [-0.4, -0.2) is 24.4 Å². The Morgan fingerprint density at radius 1 is 1.28 bits per heavy atom. The molecule has 0 unspecified atom stereocenters. The number of halogens is 5. The lowest BCUT2D eigenvalue weighted by atomic mass is 10.1. The summed E-state index contributed by atoms with van der Waals surface area (Å²) in [7, 11) is 0.0986. The van der Waals surface area contributed by atoms with E-state index >= 15 is 0 Å². The second kappa shape index (κ2) is 8.16. The van der Waals surface area contributed by atoms with E-state index in [-0.39, 0.29) is 24.0 Å². The average Bonchev–Trinajstić information content (AvgIpc) is 2.70. The zero-order valence-corrected chi connectivity index (χ0v) is 15.5. The van der Waals surface area contributed by atoms with E-state index in [1.807, 2.05) is 0 Å². The summed E-state index contributed by atoms with van der Waals surface area (Å²) in [5.41, 5.74) is -1.69. The van der Waals surface area contributed by atoms with Crippen LogP contribution < -0.4 is 10.1 Å². The Labute approximate surface area is 170 Å². The number of ether oxygens (including phenoxy) is 1. The van der Waals surface area contributed by atoms with Gasteiger partial charge >= 0.3 is 6.18 Å². The molecule has 0 spiro atoms. The topological polar surface area (TPSA) is 41.6 Å². The van der Waals surface area contributed by atoms with Crippen molar-refractivity contribution in [3.05, 3.63) is 82.5 Å². The highest BCUT2D eigenvalue weighted by Crippen LogP contribution is 2.35. The fraction of sp³-hybridized carbons (Fsp3) is 0.150. The minimum absolute atomic E-state index is 0.0986. The van der Waals surface area contributed by atoms with Gasteiger partial charge in [-0.3, -0.25) is 4.79 Å². The number of carbonyl (C=O) groups excluding carboxylic acids is 1. The Morgan fingerprint density at radius 2 is 2.07 bits per heavy atom. The summed E-state index contributed by atoms with van der Waals surface area (Å²) in [6, 6.07) is 6.38. The summed E-state index contributed by atoms with van der Waals surface area (Å²) in [5, 5.41) is 1.69. The van der Waals surface area contributed by atoms with Gasteiger partial charge < -0.3 is 15.0 Å². The number of rotatable bonds is 4. The van der Waals surface area contributed by atoms with Gasteiger partial charge in [0.15, 0.2) is 0 Å². The summed E-state index contributed by atoms with van der Waals surface area (Å²) >= 11 is 5.54. The Bertz CT molecular complexity index is 1020. The predicted octanol–water partition coefficient (Wildman–Crippen LogP) is 5.47. The van der Waals surface area contributed by atoms with E-state index in [4.69, 9.17) is 17.7 Å². The molecule has 2 aromatic rings. The molecule has 152 valence electrons. The number of allylic oxidation sites excluding steroid dienone is 1. The van der Waals surface area contributed by atoms with Crippen LogP contribution in [-0.2, 0) is 6.18 Å². The number of amides is 1. The molecule has 0 atom stereocenters. The fourth-order valence-electron chi connectivity index (χ4n) is 2.47. The van der Waals surface area contributed by atoms with Gasteiger partial charge in [0, 0.05) is 32.8 Å². The van der Waals surface area contributed by atoms with Crippen LogP contribution in [0.4, 0.5) is 23.2 Å². The van der Waals surface area contributed by atoms with Crippen LogP contribution in [0.25, 0.3) is 0 Å². The van der Waals surface area contributed by atoms with Gasteiger partial charge in [-0.15, -0.1) is 0 Å². The second-order valence-corrected chi connectivity index (χ2v) is 6.49. The van der Waals surface area contributed by atoms with Gasteiger partial charge in [0.05, 0.1) is 16.3 Å². The summed E-state index contributed by atoms with van der Waals surface area (Å²) in [5.74, 6) is -1.10. The van der Waals surface area contributed by atoms with Crippen molar-refractivity contribution in [2.75, 3.05) is 18.9 Å². The van der Waals surface area contributed by atoms with E-state index in [2.05, 4.69) is 5.32 Å². The van der Waals surface area contributed by atoms with E-state index < -0.39 is 28.5 Å².